The molecule has 0 aliphatic heterocycles. The highest BCUT2D eigenvalue weighted by Crippen LogP contribution is 2.41. The van der Waals surface area contributed by atoms with Crippen LogP contribution in [0.4, 0.5) is 8.78 Å². The Balaban J connectivity index is 2.19. The fourth-order valence-electron chi connectivity index (χ4n) is 3.21. The van der Waals surface area contributed by atoms with E-state index in [4.69, 9.17) is 17.3 Å². The van der Waals surface area contributed by atoms with Crippen molar-refractivity contribution in [3.05, 3.63) is 52.3 Å². The molecule has 1 aromatic carbocycles. The first-order valence-electron chi connectivity index (χ1n) is 6.89. The standard InChI is InChI=1S/C16H17ClF2N2/c1-16(2)7-13(20)10-3-4-21(14(10)8-16)15-11(17)5-9(18)6-12(15)19/h3-6,13H,7-8,20H2,1-2H3. The molecule has 0 amide bonds. The summed E-state index contributed by atoms with van der Waals surface area (Å²) in [6.07, 6.45) is 3.41. The number of nitrogens with zero attached hydrogens (tertiary/aromatic N) is 1. The molecule has 2 N–H and O–H groups in total. The molecule has 1 aliphatic carbocycles. The van der Waals surface area contributed by atoms with Gasteiger partial charge in [0.1, 0.15) is 11.5 Å². The van der Waals surface area contributed by atoms with Crippen LogP contribution in [0, 0.1) is 17.0 Å². The van der Waals surface area contributed by atoms with Crippen LogP contribution in [0.3, 0.4) is 0 Å². The average Bonchev–Trinajstić information content (AvgIpc) is 2.70. The van der Waals surface area contributed by atoms with Gasteiger partial charge in [-0.2, -0.15) is 0 Å². The highest BCUT2D eigenvalue weighted by molar-refractivity contribution is 6.32. The second-order valence-electron chi connectivity index (χ2n) is 6.46. The van der Waals surface area contributed by atoms with Gasteiger partial charge in [-0.25, -0.2) is 8.78 Å². The summed E-state index contributed by atoms with van der Waals surface area (Å²) in [5.41, 5.74) is 8.39. The van der Waals surface area contributed by atoms with E-state index in [-0.39, 0.29) is 22.2 Å². The Morgan fingerprint density at radius 1 is 1.33 bits per heavy atom. The molecule has 112 valence electrons. The summed E-state index contributed by atoms with van der Waals surface area (Å²) in [4.78, 5) is 0. The Labute approximate surface area is 127 Å². The quantitative estimate of drug-likeness (QED) is 0.832. The molecule has 0 fully saturated rings. The van der Waals surface area contributed by atoms with Gasteiger partial charge in [-0.3, -0.25) is 0 Å². The molecule has 21 heavy (non-hydrogen) atoms. The van der Waals surface area contributed by atoms with Crippen LogP contribution in [0.5, 0.6) is 0 Å². The van der Waals surface area contributed by atoms with E-state index >= 15 is 0 Å². The first-order chi connectivity index (χ1) is 9.78. The molecule has 3 rings (SSSR count). The summed E-state index contributed by atoms with van der Waals surface area (Å²) in [6.45, 7) is 4.27. The van der Waals surface area contributed by atoms with Crippen molar-refractivity contribution in [2.75, 3.05) is 0 Å². The lowest BCUT2D eigenvalue weighted by Crippen LogP contribution is -2.30. The van der Waals surface area contributed by atoms with E-state index in [2.05, 4.69) is 13.8 Å². The SMILES string of the molecule is CC1(C)Cc2c(ccn2-c2c(F)cc(F)cc2Cl)C(N)C1. The van der Waals surface area contributed by atoms with Crippen molar-refractivity contribution in [3.8, 4) is 5.69 Å². The number of hydrogen-bond acceptors (Lipinski definition) is 1. The lowest BCUT2D eigenvalue weighted by Gasteiger charge is -2.34. The zero-order valence-electron chi connectivity index (χ0n) is 12.0. The monoisotopic (exact) mass is 310 g/mol. The predicted octanol–water partition coefficient (Wildman–Crippen LogP) is 4.38. The van der Waals surface area contributed by atoms with Gasteiger partial charge in [0.2, 0.25) is 0 Å². The lowest BCUT2D eigenvalue weighted by atomic mass is 9.74. The zero-order chi connectivity index (χ0) is 15.4. The number of halogens is 3. The van der Waals surface area contributed by atoms with Crippen LogP contribution in [0.2, 0.25) is 5.02 Å². The number of fused-ring (bicyclic) bond motifs is 1. The normalized spacial score (nSPS) is 20.4. The van der Waals surface area contributed by atoms with E-state index in [0.29, 0.717) is 0 Å². The van der Waals surface area contributed by atoms with Crippen molar-refractivity contribution < 1.29 is 8.78 Å². The van der Waals surface area contributed by atoms with E-state index in [0.717, 1.165) is 36.2 Å². The minimum absolute atomic E-state index is 0.0332. The molecule has 1 aliphatic rings. The fourth-order valence-corrected chi connectivity index (χ4v) is 3.50. The highest BCUT2D eigenvalue weighted by atomic mass is 35.5. The molecule has 2 nitrogen and oxygen atoms in total. The molecule has 0 bridgehead atoms. The van der Waals surface area contributed by atoms with Gasteiger partial charge in [0.05, 0.1) is 5.02 Å². The van der Waals surface area contributed by atoms with Crippen LogP contribution in [-0.4, -0.2) is 4.57 Å². The van der Waals surface area contributed by atoms with E-state index in [1.54, 1.807) is 10.8 Å². The molecule has 1 atom stereocenters. The van der Waals surface area contributed by atoms with Crippen LogP contribution in [0.1, 0.15) is 37.6 Å². The minimum atomic E-state index is -0.681. The van der Waals surface area contributed by atoms with Crippen LogP contribution in [0.25, 0.3) is 5.69 Å². The van der Waals surface area contributed by atoms with Crippen molar-refractivity contribution in [2.45, 2.75) is 32.7 Å². The van der Waals surface area contributed by atoms with Gasteiger partial charge in [0.15, 0.2) is 5.82 Å². The fraction of sp³-hybridized carbons (Fsp3) is 0.375. The summed E-state index contributed by atoms with van der Waals surface area (Å²) in [7, 11) is 0. The lowest BCUT2D eigenvalue weighted by molar-refractivity contribution is 0.278. The van der Waals surface area contributed by atoms with Crippen molar-refractivity contribution in [2.24, 2.45) is 11.1 Å². The predicted molar refractivity (Wildman–Crippen MR) is 79.7 cm³/mol. The molecule has 0 saturated heterocycles. The van der Waals surface area contributed by atoms with Crippen LogP contribution < -0.4 is 5.73 Å². The smallest absolute Gasteiger partial charge is 0.151 e. The number of nitrogens with two attached hydrogens (primary N) is 1. The van der Waals surface area contributed by atoms with Gasteiger partial charge in [0, 0.05) is 24.0 Å². The van der Waals surface area contributed by atoms with E-state index < -0.39 is 11.6 Å². The third-order valence-electron chi connectivity index (χ3n) is 4.07. The van der Waals surface area contributed by atoms with Gasteiger partial charge in [0.25, 0.3) is 0 Å². The van der Waals surface area contributed by atoms with Gasteiger partial charge >= 0.3 is 0 Å². The molecule has 2 aromatic rings. The molecule has 1 aromatic heterocycles. The molecule has 0 spiro atoms. The van der Waals surface area contributed by atoms with Gasteiger partial charge < -0.3 is 10.3 Å². The second kappa shape index (κ2) is 4.82. The zero-order valence-corrected chi connectivity index (χ0v) is 12.7. The summed E-state index contributed by atoms with van der Waals surface area (Å²) in [6, 6.07) is 3.79. The summed E-state index contributed by atoms with van der Waals surface area (Å²) in [5, 5.41) is 0.0582. The van der Waals surface area contributed by atoms with E-state index in [1.807, 2.05) is 6.07 Å². The Kier molecular flexibility index (Phi) is 3.34. The summed E-state index contributed by atoms with van der Waals surface area (Å²) >= 11 is 6.04. The van der Waals surface area contributed by atoms with Crippen molar-refractivity contribution >= 4 is 11.6 Å². The Morgan fingerprint density at radius 2 is 2.05 bits per heavy atom. The van der Waals surface area contributed by atoms with Gasteiger partial charge in [-0.15, -0.1) is 0 Å². The third kappa shape index (κ3) is 2.47. The topological polar surface area (TPSA) is 30.9 Å². The third-order valence-corrected chi connectivity index (χ3v) is 4.36. The molecular weight excluding hydrogens is 294 g/mol. The second-order valence-corrected chi connectivity index (χ2v) is 6.86. The first kappa shape index (κ1) is 14.5. The van der Waals surface area contributed by atoms with Gasteiger partial charge in [-0.05, 0) is 36.0 Å². The molecule has 1 unspecified atom stereocenters. The maximum Gasteiger partial charge on any atom is 0.151 e. The van der Waals surface area contributed by atoms with Crippen molar-refractivity contribution in [1.82, 2.24) is 4.57 Å². The largest absolute Gasteiger partial charge is 0.324 e. The maximum absolute atomic E-state index is 14.2. The number of benzene rings is 1. The maximum atomic E-state index is 14.2. The Morgan fingerprint density at radius 3 is 2.71 bits per heavy atom. The minimum Gasteiger partial charge on any atom is -0.324 e. The highest BCUT2D eigenvalue weighted by Gasteiger charge is 2.33. The first-order valence-corrected chi connectivity index (χ1v) is 7.27. The van der Waals surface area contributed by atoms with Crippen molar-refractivity contribution in [1.29, 1.82) is 0 Å². The van der Waals surface area contributed by atoms with E-state index in [9.17, 15) is 8.78 Å². The van der Waals surface area contributed by atoms with Crippen LogP contribution in [-0.2, 0) is 6.42 Å². The van der Waals surface area contributed by atoms with Crippen LogP contribution in [0.15, 0.2) is 24.4 Å². The molecule has 0 saturated carbocycles. The summed E-state index contributed by atoms with van der Waals surface area (Å²) in [5.74, 6) is -1.35. The molecular formula is C16H17ClF2N2. The number of aromatic nitrogens is 1. The molecule has 0 radical (unpaired) electrons. The molecule has 1 heterocycles. The van der Waals surface area contributed by atoms with Gasteiger partial charge in [-0.1, -0.05) is 25.4 Å². The van der Waals surface area contributed by atoms with Crippen LogP contribution >= 0.6 is 11.6 Å². The average molecular weight is 311 g/mol. The number of hydrogen-bond donors (Lipinski definition) is 1. The molecule has 5 heteroatoms. The number of rotatable bonds is 1. The van der Waals surface area contributed by atoms with E-state index in [1.165, 1.54) is 0 Å². The Bertz CT molecular complexity index is 683. The van der Waals surface area contributed by atoms with Crippen molar-refractivity contribution in [3.63, 3.8) is 0 Å². The Hall–Kier alpha value is -1.39. The summed E-state index contributed by atoms with van der Waals surface area (Å²) < 4.78 is 29.1.